The van der Waals surface area contributed by atoms with Gasteiger partial charge in [0.25, 0.3) is 0 Å². The smallest absolute Gasteiger partial charge is 0.410 e. The quantitative estimate of drug-likeness (QED) is 0.623. The fourth-order valence-electron chi connectivity index (χ4n) is 4.30. The van der Waals surface area contributed by atoms with Crippen LogP contribution in [0.1, 0.15) is 51.3 Å². The molecular formula is C26H36N6O2. The zero-order valence-electron chi connectivity index (χ0n) is 20.4. The number of nitrogens with zero attached hydrogens (tertiary/aromatic N) is 3. The molecule has 0 spiro atoms. The molecule has 3 heterocycles. The zero-order chi connectivity index (χ0) is 24.1. The van der Waals surface area contributed by atoms with Crippen molar-refractivity contribution in [3.63, 3.8) is 0 Å². The van der Waals surface area contributed by atoms with Crippen molar-refractivity contribution in [3.05, 3.63) is 47.9 Å². The highest BCUT2D eigenvalue weighted by Gasteiger charge is 2.24. The largest absolute Gasteiger partial charge is 0.444 e. The van der Waals surface area contributed by atoms with E-state index in [1.807, 2.05) is 39.1 Å². The first-order valence-electron chi connectivity index (χ1n) is 12.1. The molecule has 0 aliphatic carbocycles. The highest BCUT2D eigenvalue weighted by molar-refractivity contribution is 5.90. The van der Waals surface area contributed by atoms with Crippen molar-refractivity contribution in [1.29, 1.82) is 0 Å². The standard InChI is InChI=1S/C26H36N6O2/c1-26(2,3)34-25(33)32-13-9-18(10-14-32)21-5-4-6-22-24(21)31-23(17-30-22)19(15-27)16-29-20-7-11-28-12-8-20/h4-6,9,16-17,20,28-29H,7-8,10-15,27H2,1-3H3/b19-16+. The van der Waals surface area contributed by atoms with Gasteiger partial charge in [0.05, 0.1) is 22.9 Å². The summed E-state index contributed by atoms with van der Waals surface area (Å²) in [7, 11) is 0. The van der Waals surface area contributed by atoms with Gasteiger partial charge in [-0.1, -0.05) is 18.2 Å². The summed E-state index contributed by atoms with van der Waals surface area (Å²) in [4.78, 5) is 23.8. The molecule has 182 valence electrons. The molecule has 1 aromatic carbocycles. The van der Waals surface area contributed by atoms with Crippen molar-refractivity contribution in [2.24, 2.45) is 5.73 Å². The molecular weight excluding hydrogens is 428 g/mol. The van der Waals surface area contributed by atoms with Gasteiger partial charge in [-0.05, 0) is 64.8 Å². The monoisotopic (exact) mass is 464 g/mol. The van der Waals surface area contributed by atoms with Crippen molar-refractivity contribution in [2.75, 3.05) is 32.7 Å². The van der Waals surface area contributed by atoms with Gasteiger partial charge in [-0.2, -0.15) is 0 Å². The molecule has 1 aromatic heterocycles. The van der Waals surface area contributed by atoms with Crippen LogP contribution in [0.5, 0.6) is 0 Å². The van der Waals surface area contributed by atoms with E-state index in [-0.39, 0.29) is 6.09 Å². The second-order valence-corrected chi connectivity index (χ2v) is 9.90. The molecule has 34 heavy (non-hydrogen) atoms. The van der Waals surface area contributed by atoms with Crippen LogP contribution in [0.25, 0.3) is 22.2 Å². The van der Waals surface area contributed by atoms with Gasteiger partial charge in [-0.3, -0.25) is 4.98 Å². The highest BCUT2D eigenvalue weighted by atomic mass is 16.6. The predicted octanol–water partition coefficient (Wildman–Crippen LogP) is 3.30. The number of hydrogen-bond donors (Lipinski definition) is 3. The van der Waals surface area contributed by atoms with Crippen molar-refractivity contribution in [1.82, 2.24) is 25.5 Å². The summed E-state index contributed by atoms with van der Waals surface area (Å²) in [6.45, 7) is 9.22. The number of ether oxygens (including phenoxy) is 1. The van der Waals surface area contributed by atoms with E-state index in [0.29, 0.717) is 25.7 Å². The normalized spacial score (nSPS) is 18.1. The third-order valence-electron chi connectivity index (χ3n) is 6.16. The Balaban J connectivity index is 1.56. The molecule has 4 rings (SSSR count). The first-order valence-corrected chi connectivity index (χ1v) is 12.1. The van der Waals surface area contributed by atoms with E-state index in [1.165, 1.54) is 5.57 Å². The summed E-state index contributed by atoms with van der Waals surface area (Å²) < 4.78 is 5.52. The van der Waals surface area contributed by atoms with E-state index in [9.17, 15) is 4.79 Å². The van der Waals surface area contributed by atoms with Crippen LogP contribution in [0, 0.1) is 0 Å². The Morgan fingerprint density at radius 3 is 2.79 bits per heavy atom. The van der Waals surface area contributed by atoms with E-state index in [4.69, 9.17) is 15.5 Å². The number of nitrogens with one attached hydrogen (secondary N) is 2. The van der Waals surface area contributed by atoms with Crippen LogP contribution in [0.4, 0.5) is 4.79 Å². The number of fused-ring (bicyclic) bond motifs is 1. The number of amides is 1. The fraction of sp³-hybridized carbons (Fsp3) is 0.500. The molecule has 8 nitrogen and oxygen atoms in total. The molecule has 0 atom stereocenters. The van der Waals surface area contributed by atoms with Gasteiger partial charge in [0.2, 0.25) is 0 Å². The Kier molecular flexibility index (Phi) is 7.48. The number of aromatic nitrogens is 2. The summed E-state index contributed by atoms with van der Waals surface area (Å²) in [5.41, 5.74) is 11.2. The molecule has 4 N–H and O–H groups in total. The first-order chi connectivity index (χ1) is 16.3. The average Bonchev–Trinajstić information content (AvgIpc) is 2.84. The number of nitrogens with two attached hydrogens (primary N) is 1. The average molecular weight is 465 g/mol. The number of rotatable bonds is 5. The van der Waals surface area contributed by atoms with E-state index in [2.05, 4.69) is 27.8 Å². The maximum absolute atomic E-state index is 12.4. The van der Waals surface area contributed by atoms with Gasteiger partial charge in [-0.25, -0.2) is 9.78 Å². The van der Waals surface area contributed by atoms with Crippen LogP contribution in [0.2, 0.25) is 0 Å². The van der Waals surface area contributed by atoms with Crippen molar-refractivity contribution in [3.8, 4) is 0 Å². The lowest BCUT2D eigenvalue weighted by molar-refractivity contribution is 0.0270. The van der Waals surface area contributed by atoms with Crippen LogP contribution in [-0.4, -0.2) is 65.3 Å². The molecule has 1 fully saturated rings. The molecule has 0 radical (unpaired) electrons. The zero-order valence-corrected chi connectivity index (χ0v) is 20.4. The SMILES string of the molecule is CC(C)(C)OC(=O)N1CC=C(c2cccc3ncc(/C(=C/NC4CCNCC4)CN)nc23)CC1. The van der Waals surface area contributed by atoms with Gasteiger partial charge in [0, 0.05) is 43.0 Å². The van der Waals surface area contributed by atoms with Crippen molar-refractivity contribution in [2.45, 2.75) is 51.7 Å². The Hall–Kier alpha value is -2.97. The number of piperidine rings is 1. The molecule has 2 aliphatic rings. The second-order valence-electron chi connectivity index (χ2n) is 9.90. The molecule has 2 aliphatic heterocycles. The third-order valence-corrected chi connectivity index (χ3v) is 6.16. The van der Waals surface area contributed by atoms with Gasteiger partial charge in [0.15, 0.2) is 0 Å². The lowest BCUT2D eigenvalue weighted by atomic mass is 9.98. The first kappa shape index (κ1) is 24.2. The Morgan fingerprint density at radius 2 is 2.12 bits per heavy atom. The summed E-state index contributed by atoms with van der Waals surface area (Å²) in [6, 6.07) is 6.51. The van der Waals surface area contributed by atoms with Crippen LogP contribution >= 0.6 is 0 Å². The topological polar surface area (TPSA) is 105 Å². The summed E-state index contributed by atoms with van der Waals surface area (Å²) >= 11 is 0. The molecule has 2 aromatic rings. The van der Waals surface area contributed by atoms with Crippen LogP contribution in [0.15, 0.2) is 36.7 Å². The maximum atomic E-state index is 12.4. The van der Waals surface area contributed by atoms with E-state index >= 15 is 0 Å². The number of para-hydroxylation sites is 1. The maximum Gasteiger partial charge on any atom is 0.410 e. The van der Waals surface area contributed by atoms with Crippen molar-refractivity contribution < 1.29 is 9.53 Å². The fourth-order valence-corrected chi connectivity index (χ4v) is 4.30. The van der Waals surface area contributed by atoms with E-state index < -0.39 is 5.60 Å². The molecule has 1 amide bonds. The Bertz CT molecular complexity index is 1080. The molecule has 1 saturated heterocycles. The van der Waals surface area contributed by atoms with Gasteiger partial charge < -0.3 is 26.0 Å². The van der Waals surface area contributed by atoms with Gasteiger partial charge in [-0.15, -0.1) is 0 Å². The highest BCUT2D eigenvalue weighted by Crippen LogP contribution is 2.29. The molecule has 0 bridgehead atoms. The molecule has 0 unspecified atom stereocenters. The molecule has 0 saturated carbocycles. The van der Waals surface area contributed by atoms with Crippen LogP contribution < -0.4 is 16.4 Å². The van der Waals surface area contributed by atoms with Gasteiger partial charge >= 0.3 is 6.09 Å². The second kappa shape index (κ2) is 10.5. The summed E-state index contributed by atoms with van der Waals surface area (Å²) in [5.74, 6) is 0. The number of carbonyl (C=O) groups excluding carboxylic acids is 1. The lowest BCUT2D eigenvalue weighted by Gasteiger charge is -2.29. The van der Waals surface area contributed by atoms with Crippen LogP contribution in [0.3, 0.4) is 0 Å². The van der Waals surface area contributed by atoms with E-state index in [1.54, 1.807) is 11.1 Å². The summed E-state index contributed by atoms with van der Waals surface area (Å²) in [5, 5.41) is 6.90. The summed E-state index contributed by atoms with van der Waals surface area (Å²) in [6.07, 6.45) is 8.55. The lowest BCUT2D eigenvalue weighted by Crippen LogP contribution is -2.39. The minimum absolute atomic E-state index is 0.276. The van der Waals surface area contributed by atoms with Crippen molar-refractivity contribution >= 4 is 28.3 Å². The molecule has 8 heteroatoms. The number of carbonyl (C=O) groups is 1. The van der Waals surface area contributed by atoms with Crippen LogP contribution in [-0.2, 0) is 4.74 Å². The number of hydrogen-bond acceptors (Lipinski definition) is 7. The minimum atomic E-state index is -0.500. The van der Waals surface area contributed by atoms with Gasteiger partial charge in [0.1, 0.15) is 5.60 Å². The Labute approximate surface area is 201 Å². The predicted molar refractivity (Wildman–Crippen MR) is 136 cm³/mol. The Morgan fingerprint density at radius 1 is 1.32 bits per heavy atom. The number of benzene rings is 1. The third kappa shape index (κ3) is 5.93. The minimum Gasteiger partial charge on any atom is -0.444 e. The van der Waals surface area contributed by atoms with E-state index in [0.717, 1.165) is 60.2 Å².